The SMILES string of the molecule is COCCn1c(-c2cc(C)c(=O)n(C)c2)nc2cc(CO)ccc21. The van der Waals surface area contributed by atoms with Crippen LogP contribution in [-0.4, -0.2) is 32.9 Å². The third kappa shape index (κ3) is 2.86. The molecule has 0 aliphatic heterocycles. The standard InChI is InChI=1S/C18H21N3O3/c1-12-8-14(10-20(2)18(12)23)17-19-15-9-13(11-22)4-5-16(15)21(17)6-7-24-3/h4-5,8-10,22H,6-7,11H2,1-3H3. The molecule has 6 heteroatoms. The van der Waals surface area contributed by atoms with Crippen LogP contribution >= 0.6 is 0 Å². The number of nitrogens with zero attached hydrogens (tertiary/aromatic N) is 3. The van der Waals surface area contributed by atoms with Crippen molar-refractivity contribution >= 4 is 11.0 Å². The Hall–Kier alpha value is -2.44. The van der Waals surface area contributed by atoms with E-state index in [0.717, 1.165) is 28.0 Å². The first-order valence-corrected chi connectivity index (χ1v) is 7.81. The average Bonchev–Trinajstić information content (AvgIpc) is 2.94. The molecule has 2 heterocycles. The first-order valence-electron chi connectivity index (χ1n) is 7.81. The fraction of sp³-hybridized carbons (Fsp3) is 0.333. The van der Waals surface area contributed by atoms with E-state index in [9.17, 15) is 9.90 Å². The zero-order chi connectivity index (χ0) is 17.3. The summed E-state index contributed by atoms with van der Waals surface area (Å²) in [6.45, 7) is 3.00. The molecule has 126 valence electrons. The van der Waals surface area contributed by atoms with Crippen molar-refractivity contribution in [2.24, 2.45) is 7.05 Å². The zero-order valence-electron chi connectivity index (χ0n) is 14.1. The van der Waals surface area contributed by atoms with Gasteiger partial charge in [0.15, 0.2) is 0 Å². The van der Waals surface area contributed by atoms with Gasteiger partial charge in [-0.05, 0) is 30.7 Å². The normalized spacial score (nSPS) is 11.3. The van der Waals surface area contributed by atoms with Crippen LogP contribution in [0.2, 0.25) is 0 Å². The molecule has 0 saturated carbocycles. The molecule has 0 atom stereocenters. The van der Waals surface area contributed by atoms with E-state index >= 15 is 0 Å². The van der Waals surface area contributed by atoms with Gasteiger partial charge in [-0.15, -0.1) is 0 Å². The summed E-state index contributed by atoms with van der Waals surface area (Å²) in [6, 6.07) is 7.60. The first-order chi connectivity index (χ1) is 11.5. The second kappa shape index (κ2) is 6.59. The van der Waals surface area contributed by atoms with E-state index in [1.807, 2.05) is 24.3 Å². The lowest BCUT2D eigenvalue weighted by atomic mass is 10.2. The predicted molar refractivity (Wildman–Crippen MR) is 92.9 cm³/mol. The molecule has 1 aromatic carbocycles. The molecule has 0 radical (unpaired) electrons. The Morgan fingerprint density at radius 2 is 2.08 bits per heavy atom. The van der Waals surface area contributed by atoms with Crippen molar-refractivity contribution in [2.45, 2.75) is 20.1 Å². The smallest absolute Gasteiger partial charge is 0.253 e. The van der Waals surface area contributed by atoms with Crippen molar-refractivity contribution in [3.8, 4) is 11.4 Å². The number of imidazole rings is 1. The number of rotatable bonds is 5. The number of methoxy groups -OCH3 is 1. The summed E-state index contributed by atoms with van der Waals surface area (Å²) in [5, 5.41) is 9.34. The summed E-state index contributed by atoms with van der Waals surface area (Å²) in [5.41, 5.74) is 4.16. The molecular weight excluding hydrogens is 306 g/mol. The second-order valence-corrected chi connectivity index (χ2v) is 5.89. The van der Waals surface area contributed by atoms with Crippen molar-refractivity contribution in [3.63, 3.8) is 0 Å². The van der Waals surface area contributed by atoms with Crippen LogP contribution in [0.4, 0.5) is 0 Å². The summed E-state index contributed by atoms with van der Waals surface area (Å²) in [5.74, 6) is 0.788. The van der Waals surface area contributed by atoms with Crippen molar-refractivity contribution < 1.29 is 9.84 Å². The van der Waals surface area contributed by atoms with Crippen molar-refractivity contribution in [1.82, 2.24) is 14.1 Å². The fourth-order valence-corrected chi connectivity index (χ4v) is 2.90. The Bertz CT molecular complexity index is 914. The van der Waals surface area contributed by atoms with Crippen molar-refractivity contribution in [1.29, 1.82) is 0 Å². The number of hydrogen-bond acceptors (Lipinski definition) is 4. The van der Waals surface area contributed by atoms with Crippen LogP contribution in [0.3, 0.4) is 0 Å². The van der Waals surface area contributed by atoms with E-state index in [2.05, 4.69) is 4.57 Å². The molecule has 3 aromatic rings. The van der Waals surface area contributed by atoms with E-state index in [1.165, 1.54) is 0 Å². The predicted octanol–water partition coefficient (Wildman–Crippen LogP) is 1.85. The average molecular weight is 327 g/mol. The number of aryl methyl sites for hydroxylation is 2. The van der Waals surface area contributed by atoms with E-state index in [-0.39, 0.29) is 12.2 Å². The van der Waals surface area contributed by atoms with Gasteiger partial charge in [0.1, 0.15) is 5.82 Å². The molecule has 0 spiro atoms. The van der Waals surface area contributed by atoms with Crippen LogP contribution in [0, 0.1) is 6.92 Å². The highest BCUT2D eigenvalue weighted by Gasteiger charge is 2.14. The number of aromatic nitrogens is 3. The lowest BCUT2D eigenvalue weighted by molar-refractivity contribution is 0.188. The number of aliphatic hydroxyl groups is 1. The summed E-state index contributed by atoms with van der Waals surface area (Å²) < 4.78 is 8.88. The molecular formula is C18H21N3O3. The van der Waals surface area contributed by atoms with Gasteiger partial charge in [-0.3, -0.25) is 4.79 Å². The van der Waals surface area contributed by atoms with Gasteiger partial charge < -0.3 is 19.0 Å². The topological polar surface area (TPSA) is 69.3 Å². The zero-order valence-corrected chi connectivity index (χ0v) is 14.1. The molecule has 3 rings (SSSR count). The van der Waals surface area contributed by atoms with E-state index in [1.54, 1.807) is 31.8 Å². The van der Waals surface area contributed by atoms with Crippen LogP contribution < -0.4 is 5.56 Å². The van der Waals surface area contributed by atoms with Gasteiger partial charge in [0.2, 0.25) is 0 Å². The van der Waals surface area contributed by atoms with Gasteiger partial charge in [0.25, 0.3) is 5.56 Å². The quantitative estimate of drug-likeness (QED) is 0.776. The van der Waals surface area contributed by atoms with Gasteiger partial charge in [-0.1, -0.05) is 6.07 Å². The minimum absolute atomic E-state index is 0.0131. The summed E-state index contributed by atoms with van der Waals surface area (Å²) >= 11 is 0. The van der Waals surface area contributed by atoms with Crippen molar-refractivity contribution in [2.75, 3.05) is 13.7 Å². The monoisotopic (exact) mass is 327 g/mol. The fourth-order valence-electron chi connectivity index (χ4n) is 2.90. The number of hydrogen-bond donors (Lipinski definition) is 1. The van der Waals surface area contributed by atoms with Crippen LogP contribution in [0.25, 0.3) is 22.4 Å². The number of fused-ring (bicyclic) bond motifs is 1. The molecule has 24 heavy (non-hydrogen) atoms. The van der Waals surface area contributed by atoms with Gasteiger partial charge in [0, 0.05) is 38.0 Å². The molecule has 0 saturated heterocycles. The number of benzene rings is 1. The third-order valence-corrected chi connectivity index (χ3v) is 4.13. The van der Waals surface area contributed by atoms with Crippen LogP contribution in [-0.2, 0) is 24.9 Å². The maximum atomic E-state index is 12.0. The molecule has 0 amide bonds. The Balaban J connectivity index is 2.23. The minimum atomic E-state index is -0.0187. The second-order valence-electron chi connectivity index (χ2n) is 5.89. The first kappa shape index (κ1) is 16.4. The Labute approximate surface area is 139 Å². The highest BCUT2D eigenvalue weighted by molar-refractivity contribution is 5.81. The highest BCUT2D eigenvalue weighted by Crippen LogP contribution is 2.25. The minimum Gasteiger partial charge on any atom is -0.392 e. The van der Waals surface area contributed by atoms with Crippen molar-refractivity contribution in [3.05, 3.63) is 51.9 Å². The maximum absolute atomic E-state index is 12.0. The summed E-state index contributed by atoms with van der Waals surface area (Å²) in [6.07, 6.45) is 1.80. The Kier molecular flexibility index (Phi) is 4.51. The van der Waals surface area contributed by atoms with E-state index in [0.29, 0.717) is 18.7 Å². The van der Waals surface area contributed by atoms with Crippen LogP contribution in [0.5, 0.6) is 0 Å². The van der Waals surface area contributed by atoms with E-state index < -0.39 is 0 Å². The van der Waals surface area contributed by atoms with Gasteiger partial charge in [-0.25, -0.2) is 4.98 Å². The lowest BCUT2D eigenvalue weighted by Crippen LogP contribution is -2.19. The number of pyridine rings is 1. The van der Waals surface area contributed by atoms with Crippen LogP contribution in [0.1, 0.15) is 11.1 Å². The van der Waals surface area contributed by atoms with Gasteiger partial charge >= 0.3 is 0 Å². The maximum Gasteiger partial charge on any atom is 0.253 e. The van der Waals surface area contributed by atoms with Gasteiger partial charge in [-0.2, -0.15) is 0 Å². The largest absolute Gasteiger partial charge is 0.392 e. The molecule has 1 N–H and O–H groups in total. The summed E-state index contributed by atoms with van der Waals surface area (Å²) in [4.78, 5) is 16.7. The third-order valence-electron chi connectivity index (χ3n) is 4.13. The highest BCUT2D eigenvalue weighted by atomic mass is 16.5. The Morgan fingerprint density at radius 1 is 1.29 bits per heavy atom. The number of ether oxygens (including phenoxy) is 1. The number of aliphatic hydroxyl groups excluding tert-OH is 1. The Morgan fingerprint density at radius 3 is 2.75 bits per heavy atom. The molecule has 0 unspecified atom stereocenters. The van der Waals surface area contributed by atoms with Gasteiger partial charge in [0.05, 0.1) is 24.2 Å². The van der Waals surface area contributed by atoms with E-state index in [4.69, 9.17) is 9.72 Å². The lowest BCUT2D eigenvalue weighted by Gasteiger charge is -2.10. The summed E-state index contributed by atoms with van der Waals surface area (Å²) in [7, 11) is 3.41. The molecule has 2 aromatic heterocycles. The molecule has 0 fully saturated rings. The molecule has 0 aliphatic carbocycles. The molecule has 6 nitrogen and oxygen atoms in total. The molecule has 0 bridgehead atoms. The molecule has 0 aliphatic rings. The van der Waals surface area contributed by atoms with Crippen LogP contribution in [0.15, 0.2) is 35.3 Å².